The summed E-state index contributed by atoms with van der Waals surface area (Å²) in [6, 6.07) is 0.594. The van der Waals surface area contributed by atoms with E-state index in [-0.39, 0.29) is 11.9 Å². The van der Waals surface area contributed by atoms with Crippen LogP contribution in [0.3, 0.4) is 0 Å². The van der Waals surface area contributed by atoms with Crippen molar-refractivity contribution in [2.24, 2.45) is 5.92 Å². The largest absolute Gasteiger partial charge is 0.354 e. The molecule has 0 spiro atoms. The highest BCUT2D eigenvalue weighted by atomic mass is 32.1. The van der Waals surface area contributed by atoms with Crippen LogP contribution in [0.1, 0.15) is 44.2 Å². The second-order valence-electron chi connectivity index (χ2n) is 5.97. The molecule has 2 fully saturated rings. The lowest BCUT2D eigenvalue weighted by Crippen LogP contribution is -2.55. The summed E-state index contributed by atoms with van der Waals surface area (Å²) in [6.07, 6.45) is 8.29. The molecule has 1 aromatic rings. The summed E-state index contributed by atoms with van der Waals surface area (Å²) in [6.45, 7) is 0.689. The summed E-state index contributed by atoms with van der Waals surface area (Å²) in [5, 5.41) is 8.66. The van der Waals surface area contributed by atoms with Gasteiger partial charge in [0.1, 0.15) is 0 Å². The number of nitrogens with one attached hydrogen (secondary N) is 2. The number of rotatable bonds is 4. The van der Waals surface area contributed by atoms with Crippen molar-refractivity contribution in [1.82, 2.24) is 15.6 Å². The molecule has 1 aromatic heterocycles. The molecule has 20 heavy (non-hydrogen) atoms. The third-order valence-corrected chi connectivity index (χ3v) is 5.27. The summed E-state index contributed by atoms with van der Waals surface area (Å²) in [4.78, 5) is 16.4. The predicted molar refractivity (Wildman–Crippen MR) is 80.7 cm³/mol. The van der Waals surface area contributed by atoms with E-state index in [1.54, 1.807) is 11.3 Å². The molecular weight excluding hydrogens is 270 g/mol. The monoisotopic (exact) mass is 293 g/mol. The van der Waals surface area contributed by atoms with Gasteiger partial charge in [-0.15, -0.1) is 11.3 Å². The molecule has 3 unspecified atom stereocenters. The van der Waals surface area contributed by atoms with Gasteiger partial charge in [0.15, 0.2) is 0 Å². The van der Waals surface area contributed by atoms with Gasteiger partial charge >= 0.3 is 0 Å². The van der Waals surface area contributed by atoms with Gasteiger partial charge in [0.05, 0.1) is 17.2 Å². The number of carbonyl (C=O) groups excluding carboxylic acids is 1. The lowest BCUT2D eigenvalue weighted by molar-refractivity contribution is -0.124. The number of thiazole rings is 1. The molecule has 1 aliphatic heterocycles. The predicted octanol–water partition coefficient (Wildman–Crippen LogP) is 2.11. The van der Waals surface area contributed by atoms with Gasteiger partial charge in [-0.3, -0.25) is 4.79 Å². The molecule has 1 aliphatic carbocycles. The summed E-state index contributed by atoms with van der Waals surface area (Å²) in [7, 11) is 0. The first kappa shape index (κ1) is 14.0. The summed E-state index contributed by atoms with van der Waals surface area (Å²) >= 11 is 1.60. The SMILES string of the molecule is O=C(NCCc1cscn1)C1CCC2CCCCC2N1. The lowest BCUT2D eigenvalue weighted by Gasteiger charge is -2.39. The smallest absolute Gasteiger partial charge is 0.237 e. The number of aromatic nitrogens is 1. The minimum atomic E-state index is 0.0183. The van der Waals surface area contributed by atoms with Crippen LogP contribution in [-0.4, -0.2) is 29.5 Å². The maximum atomic E-state index is 12.2. The quantitative estimate of drug-likeness (QED) is 0.894. The Hall–Kier alpha value is -0.940. The first-order chi connectivity index (χ1) is 9.83. The minimum absolute atomic E-state index is 0.0183. The standard InChI is InChI=1S/C15H23N3OS/c19-15(16-8-7-12-9-20-10-17-12)14-6-5-11-3-1-2-4-13(11)18-14/h9-11,13-14,18H,1-8H2,(H,16,19). The zero-order valence-corrected chi connectivity index (χ0v) is 12.6. The van der Waals surface area contributed by atoms with Crippen LogP contribution in [0.15, 0.2) is 10.9 Å². The molecule has 2 N–H and O–H groups in total. The van der Waals surface area contributed by atoms with Crippen molar-refractivity contribution in [1.29, 1.82) is 0 Å². The van der Waals surface area contributed by atoms with Crippen molar-refractivity contribution in [2.45, 2.75) is 57.0 Å². The van der Waals surface area contributed by atoms with Crippen molar-refractivity contribution in [3.8, 4) is 0 Å². The molecule has 4 nitrogen and oxygen atoms in total. The number of nitrogens with zero attached hydrogens (tertiary/aromatic N) is 1. The molecule has 1 saturated carbocycles. The van der Waals surface area contributed by atoms with Gasteiger partial charge in [0.2, 0.25) is 5.91 Å². The highest BCUT2D eigenvalue weighted by Crippen LogP contribution is 2.32. The first-order valence-corrected chi connectivity index (χ1v) is 8.68. The summed E-state index contributed by atoms with van der Waals surface area (Å²) in [5.74, 6) is 0.979. The third-order valence-electron chi connectivity index (χ3n) is 4.63. The number of amides is 1. The molecule has 110 valence electrons. The molecule has 2 aliphatic rings. The second-order valence-corrected chi connectivity index (χ2v) is 6.69. The molecule has 3 rings (SSSR count). The van der Waals surface area contributed by atoms with Crippen LogP contribution in [0.25, 0.3) is 0 Å². The van der Waals surface area contributed by atoms with E-state index in [9.17, 15) is 4.79 Å². The number of hydrogen-bond acceptors (Lipinski definition) is 4. The van der Waals surface area contributed by atoms with E-state index in [1.807, 2.05) is 10.9 Å². The van der Waals surface area contributed by atoms with Gasteiger partial charge in [-0.05, 0) is 31.6 Å². The van der Waals surface area contributed by atoms with E-state index < -0.39 is 0 Å². The van der Waals surface area contributed by atoms with Crippen LogP contribution >= 0.6 is 11.3 Å². The maximum Gasteiger partial charge on any atom is 0.237 e. The zero-order chi connectivity index (χ0) is 13.8. The molecule has 1 amide bonds. The highest BCUT2D eigenvalue weighted by Gasteiger charge is 2.34. The topological polar surface area (TPSA) is 54.0 Å². The Morgan fingerprint density at radius 3 is 3.10 bits per heavy atom. The van der Waals surface area contributed by atoms with Crippen LogP contribution < -0.4 is 10.6 Å². The summed E-state index contributed by atoms with van der Waals surface area (Å²) < 4.78 is 0. The van der Waals surface area contributed by atoms with Crippen molar-refractivity contribution < 1.29 is 4.79 Å². The van der Waals surface area contributed by atoms with Crippen LogP contribution in [0.5, 0.6) is 0 Å². The number of hydrogen-bond donors (Lipinski definition) is 2. The van der Waals surface area contributed by atoms with Crippen molar-refractivity contribution in [3.05, 3.63) is 16.6 Å². The second kappa shape index (κ2) is 6.68. The van der Waals surface area contributed by atoms with E-state index in [1.165, 1.54) is 32.1 Å². The molecule has 5 heteroatoms. The highest BCUT2D eigenvalue weighted by molar-refractivity contribution is 7.07. The van der Waals surface area contributed by atoms with E-state index >= 15 is 0 Å². The average molecular weight is 293 g/mol. The van der Waals surface area contributed by atoms with Gasteiger partial charge in [0.25, 0.3) is 0 Å². The van der Waals surface area contributed by atoms with E-state index in [2.05, 4.69) is 15.6 Å². The van der Waals surface area contributed by atoms with Crippen LogP contribution in [0.4, 0.5) is 0 Å². The molecule has 0 bridgehead atoms. The fraction of sp³-hybridized carbons (Fsp3) is 0.733. The zero-order valence-electron chi connectivity index (χ0n) is 11.8. The van der Waals surface area contributed by atoms with Gasteiger partial charge < -0.3 is 10.6 Å². The Kier molecular flexibility index (Phi) is 4.68. The van der Waals surface area contributed by atoms with Gasteiger partial charge in [0, 0.05) is 24.4 Å². The Morgan fingerprint density at radius 1 is 1.35 bits per heavy atom. The molecule has 1 saturated heterocycles. The Bertz CT molecular complexity index is 434. The van der Waals surface area contributed by atoms with Crippen LogP contribution in [0, 0.1) is 5.92 Å². The Labute approximate surface area is 124 Å². The summed E-state index contributed by atoms with van der Waals surface area (Å²) in [5.41, 5.74) is 2.91. The molecular formula is C15H23N3OS. The molecule has 0 aromatic carbocycles. The molecule has 3 atom stereocenters. The van der Waals surface area contributed by atoms with Gasteiger partial charge in [-0.2, -0.15) is 0 Å². The molecule has 0 radical (unpaired) electrons. The van der Waals surface area contributed by atoms with Crippen LogP contribution in [-0.2, 0) is 11.2 Å². The maximum absolute atomic E-state index is 12.2. The number of carbonyl (C=O) groups is 1. The number of piperidine rings is 1. The normalized spacial score (nSPS) is 29.7. The minimum Gasteiger partial charge on any atom is -0.354 e. The lowest BCUT2D eigenvalue weighted by atomic mass is 9.77. The third kappa shape index (κ3) is 3.38. The Balaban J connectivity index is 1.43. The van der Waals surface area contributed by atoms with Gasteiger partial charge in [-0.1, -0.05) is 12.8 Å². The van der Waals surface area contributed by atoms with E-state index in [4.69, 9.17) is 0 Å². The van der Waals surface area contributed by atoms with E-state index in [0.29, 0.717) is 12.6 Å². The fourth-order valence-corrected chi connectivity index (χ4v) is 4.09. The van der Waals surface area contributed by atoms with Crippen molar-refractivity contribution in [2.75, 3.05) is 6.54 Å². The van der Waals surface area contributed by atoms with Crippen LogP contribution in [0.2, 0.25) is 0 Å². The fourth-order valence-electron chi connectivity index (χ4n) is 3.50. The molecule has 2 heterocycles. The van der Waals surface area contributed by atoms with E-state index in [0.717, 1.165) is 24.5 Å². The van der Waals surface area contributed by atoms with Gasteiger partial charge in [-0.25, -0.2) is 4.98 Å². The number of fused-ring (bicyclic) bond motifs is 1. The first-order valence-electron chi connectivity index (χ1n) is 7.74. The van der Waals surface area contributed by atoms with Crippen molar-refractivity contribution >= 4 is 17.2 Å². The van der Waals surface area contributed by atoms with Crippen molar-refractivity contribution in [3.63, 3.8) is 0 Å². The average Bonchev–Trinajstić information content (AvgIpc) is 3.00. The Morgan fingerprint density at radius 2 is 2.25 bits per heavy atom.